The highest BCUT2D eigenvalue weighted by molar-refractivity contribution is 7.13. The van der Waals surface area contributed by atoms with Gasteiger partial charge in [-0.15, -0.1) is 11.3 Å². The van der Waals surface area contributed by atoms with Gasteiger partial charge >= 0.3 is 5.97 Å². The quantitative estimate of drug-likeness (QED) is 0.837. The molecule has 3 rings (SSSR count). The number of rotatable bonds is 6. The number of carboxylic acids is 1. The average molecular weight is 377 g/mol. The van der Waals surface area contributed by atoms with Crippen LogP contribution in [0, 0.1) is 5.82 Å². The van der Waals surface area contributed by atoms with Gasteiger partial charge in [-0.3, -0.25) is 14.6 Å². The highest BCUT2D eigenvalue weighted by atomic mass is 32.1. The number of likely N-dealkylation sites (tertiary alicyclic amines) is 1. The zero-order valence-corrected chi connectivity index (χ0v) is 15.7. The third-order valence-corrected chi connectivity index (χ3v) is 5.77. The third kappa shape index (κ3) is 5.09. The van der Waals surface area contributed by atoms with E-state index in [1.54, 1.807) is 23.5 Å². The Morgan fingerprint density at radius 1 is 1.35 bits per heavy atom. The van der Waals surface area contributed by atoms with E-state index in [-0.39, 0.29) is 12.4 Å². The summed E-state index contributed by atoms with van der Waals surface area (Å²) in [6, 6.07) is 6.75. The lowest BCUT2D eigenvalue weighted by molar-refractivity contribution is -0.138. The fourth-order valence-corrected chi connectivity index (χ4v) is 4.23. The minimum Gasteiger partial charge on any atom is -0.480 e. The van der Waals surface area contributed by atoms with Crippen molar-refractivity contribution in [1.29, 1.82) is 0 Å². The molecular formula is C19H24FN3O2S. The van der Waals surface area contributed by atoms with E-state index in [0.717, 1.165) is 55.2 Å². The predicted molar refractivity (Wildman–Crippen MR) is 101 cm³/mol. The topological polar surface area (TPSA) is 56.7 Å². The summed E-state index contributed by atoms with van der Waals surface area (Å²) in [7, 11) is 1.89. The van der Waals surface area contributed by atoms with E-state index in [0.29, 0.717) is 6.04 Å². The number of thiazole rings is 1. The van der Waals surface area contributed by atoms with E-state index in [1.165, 1.54) is 12.1 Å². The summed E-state index contributed by atoms with van der Waals surface area (Å²) in [5, 5.41) is 11.9. The maximum atomic E-state index is 13.1. The van der Waals surface area contributed by atoms with Crippen LogP contribution in [0.5, 0.6) is 0 Å². The van der Waals surface area contributed by atoms with Gasteiger partial charge in [0.1, 0.15) is 10.8 Å². The Morgan fingerprint density at radius 2 is 2.12 bits per heavy atom. The zero-order valence-electron chi connectivity index (χ0n) is 14.9. The minimum atomic E-state index is -0.774. The van der Waals surface area contributed by atoms with Crippen molar-refractivity contribution in [3.8, 4) is 10.6 Å². The largest absolute Gasteiger partial charge is 0.480 e. The molecule has 1 saturated heterocycles. The second-order valence-electron chi connectivity index (χ2n) is 6.82. The molecule has 1 aliphatic heterocycles. The molecule has 7 heteroatoms. The SMILES string of the molecule is CN(CC(=O)O)C1CCCN(Cc2csc(-c3ccc(F)cc3)n2)CC1. The van der Waals surface area contributed by atoms with E-state index in [4.69, 9.17) is 10.1 Å². The summed E-state index contributed by atoms with van der Waals surface area (Å²) in [5.41, 5.74) is 1.97. The van der Waals surface area contributed by atoms with Crippen LogP contribution in [-0.2, 0) is 11.3 Å². The van der Waals surface area contributed by atoms with Crippen LogP contribution in [-0.4, -0.2) is 58.6 Å². The summed E-state index contributed by atoms with van der Waals surface area (Å²) in [4.78, 5) is 19.9. The van der Waals surface area contributed by atoms with Gasteiger partial charge in [-0.2, -0.15) is 0 Å². The van der Waals surface area contributed by atoms with Gasteiger partial charge in [-0.25, -0.2) is 9.37 Å². The zero-order chi connectivity index (χ0) is 18.5. The summed E-state index contributed by atoms with van der Waals surface area (Å²) >= 11 is 1.58. The fraction of sp³-hybridized carbons (Fsp3) is 0.474. The maximum Gasteiger partial charge on any atom is 0.317 e. The third-order valence-electron chi connectivity index (χ3n) is 4.83. The first-order valence-electron chi connectivity index (χ1n) is 8.86. The van der Waals surface area contributed by atoms with Crippen molar-refractivity contribution in [2.24, 2.45) is 0 Å². The molecule has 2 heterocycles. The van der Waals surface area contributed by atoms with E-state index in [9.17, 15) is 9.18 Å². The molecule has 0 bridgehead atoms. The van der Waals surface area contributed by atoms with Gasteiger partial charge < -0.3 is 5.11 Å². The predicted octanol–water partition coefficient (Wildman–Crippen LogP) is 3.32. The first-order chi connectivity index (χ1) is 12.5. The lowest BCUT2D eigenvalue weighted by Gasteiger charge is -2.25. The second-order valence-corrected chi connectivity index (χ2v) is 7.68. The standard InChI is InChI=1S/C19H24FN3O2S/c1-22(12-18(24)25)17-3-2-9-23(10-8-17)11-16-13-26-19(21-16)14-4-6-15(20)7-5-14/h4-7,13,17H,2-3,8-12H2,1H3,(H,24,25). The van der Waals surface area contributed by atoms with E-state index in [2.05, 4.69) is 10.3 Å². The highest BCUT2D eigenvalue weighted by Gasteiger charge is 2.22. The van der Waals surface area contributed by atoms with Crippen molar-refractivity contribution in [2.75, 3.05) is 26.7 Å². The van der Waals surface area contributed by atoms with Crippen LogP contribution in [0.15, 0.2) is 29.6 Å². The number of nitrogens with zero attached hydrogens (tertiary/aromatic N) is 3. The Morgan fingerprint density at radius 3 is 2.85 bits per heavy atom. The van der Waals surface area contributed by atoms with Crippen molar-refractivity contribution in [3.63, 3.8) is 0 Å². The van der Waals surface area contributed by atoms with Gasteiger partial charge in [0.25, 0.3) is 0 Å². The molecule has 2 aromatic rings. The maximum absolute atomic E-state index is 13.1. The Balaban J connectivity index is 1.56. The van der Waals surface area contributed by atoms with Crippen LogP contribution in [0.2, 0.25) is 0 Å². The first-order valence-corrected chi connectivity index (χ1v) is 9.74. The summed E-state index contributed by atoms with van der Waals surface area (Å²) in [6.45, 7) is 2.84. The van der Waals surface area contributed by atoms with Crippen molar-refractivity contribution in [3.05, 3.63) is 41.2 Å². The van der Waals surface area contributed by atoms with Crippen LogP contribution < -0.4 is 0 Å². The van der Waals surface area contributed by atoms with Gasteiger partial charge in [0.15, 0.2) is 0 Å². The molecule has 1 aromatic carbocycles. The van der Waals surface area contributed by atoms with Crippen molar-refractivity contribution in [2.45, 2.75) is 31.8 Å². The Bertz CT molecular complexity index is 735. The number of aliphatic carboxylic acids is 1. The van der Waals surface area contributed by atoms with Crippen molar-refractivity contribution >= 4 is 17.3 Å². The molecule has 1 aromatic heterocycles. The lowest BCUT2D eigenvalue weighted by atomic mass is 10.1. The number of likely N-dealkylation sites (N-methyl/N-ethyl adjacent to an activating group) is 1. The summed E-state index contributed by atoms with van der Waals surface area (Å²) in [5.74, 6) is -1.01. The summed E-state index contributed by atoms with van der Waals surface area (Å²) in [6.07, 6.45) is 3.06. The Kier molecular flexibility index (Phi) is 6.34. The van der Waals surface area contributed by atoms with Crippen LogP contribution >= 0.6 is 11.3 Å². The van der Waals surface area contributed by atoms with Crippen LogP contribution in [0.4, 0.5) is 4.39 Å². The highest BCUT2D eigenvalue weighted by Crippen LogP contribution is 2.25. The molecule has 0 spiro atoms. The molecule has 0 saturated carbocycles. The Labute approximate surface area is 157 Å². The van der Waals surface area contributed by atoms with E-state index < -0.39 is 5.97 Å². The number of hydrogen-bond acceptors (Lipinski definition) is 5. The number of carbonyl (C=O) groups is 1. The second kappa shape index (κ2) is 8.70. The van der Waals surface area contributed by atoms with Crippen molar-refractivity contribution < 1.29 is 14.3 Å². The monoisotopic (exact) mass is 377 g/mol. The van der Waals surface area contributed by atoms with Gasteiger partial charge in [0.2, 0.25) is 0 Å². The van der Waals surface area contributed by atoms with Crippen LogP contribution in [0.25, 0.3) is 10.6 Å². The molecular weight excluding hydrogens is 353 g/mol. The molecule has 26 heavy (non-hydrogen) atoms. The summed E-state index contributed by atoms with van der Waals surface area (Å²) < 4.78 is 13.1. The molecule has 1 N–H and O–H groups in total. The van der Waals surface area contributed by atoms with Gasteiger partial charge in [-0.1, -0.05) is 0 Å². The molecule has 0 radical (unpaired) electrons. The smallest absolute Gasteiger partial charge is 0.317 e. The lowest BCUT2D eigenvalue weighted by Crippen LogP contribution is -2.36. The molecule has 5 nitrogen and oxygen atoms in total. The normalized spacial score (nSPS) is 18.8. The Hall–Kier alpha value is -1.83. The minimum absolute atomic E-state index is 0.0950. The molecule has 140 valence electrons. The number of carboxylic acid groups (broad SMARTS) is 1. The fourth-order valence-electron chi connectivity index (χ4n) is 3.41. The average Bonchev–Trinajstić information content (AvgIpc) is 2.93. The molecule has 1 aliphatic rings. The van der Waals surface area contributed by atoms with Gasteiger partial charge in [0, 0.05) is 30.1 Å². The van der Waals surface area contributed by atoms with Gasteiger partial charge in [-0.05, 0) is 57.1 Å². The van der Waals surface area contributed by atoms with Gasteiger partial charge in [0.05, 0.1) is 12.2 Å². The van der Waals surface area contributed by atoms with Crippen LogP contribution in [0.3, 0.4) is 0 Å². The molecule has 1 fully saturated rings. The number of hydrogen-bond donors (Lipinski definition) is 1. The number of benzene rings is 1. The molecule has 0 aliphatic carbocycles. The molecule has 0 amide bonds. The molecule has 1 unspecified atom stereocenters. The van der Waals surface area contributed by atoms with Crippen LogP contribution in [0.1, 0.15) is 25.0 Å². The molecule has 1 atom stereocenters. The first kappa shape index (κ1) is 18.9. The van der Waals surface area contributed by atoms with E-state index in [1.807, 2.05) is 11.9 Å². The number of halogens is 1. The van der Waals surface area contributed by atoms with E-state index >= 15 is 0 Å². The number of aromatic nitrogens is 1. The van der Waals surface area contributed by atoms with Crippen molar-refractivity contribution in [1.82, 2.24) is 14.8 Å².